The number of carbonyl (C=O) groups excluding carboxylic acids is 1. The molecule has 0 spiro atoms. The Labute approximate surface area is 80.3 Å². The molecule has 74 valence electrons. The van der Waals surface area contributed by atoms with Crippen LogP contribution in [0, 0.1) is 11.8 Å². The van der Waals surface area contributed by atoms with E-state index < -0.39 is 0 Å². The summed E-state index contributed by atoms with van der Waals surface area (Å²) in [5.74, 6) is 5.65. The average molecular weight is 182 g/mol. The van der Waals surface area contributed by atoms with Crippen LogP contribution in [0.25, 0.3) is 0 Å². The first-order valence-corrected chi connectivity index (χ1v) is 4.63. The van der Waals surface area contributed by atoms with E-state index in [0.29, 0.717) is 6.54 Å². The van der Waals surface area contributed by atoms with Crippen LogP contribution in [0.4, 0.5) is 0 Å². The summed E-state index contributed by atoms with van der Waals surface area (Å²) in [5, 5.41) is 5.82. The van der Waals surface area contributed by atoms with Gasteiger partial charge in [0.05, 0.1) is 12.6 Å². The normalized spacial score (nSPS) is 11.3. The van der Waals surface area contributed by atoms with Crippen molar-refractivity contribution in [3.8, 4) is 11.8 Å². The smallest absolute Gasteiger partial charge is 0.236 e. The largest absolute Gasteiger partial charge is 0.355 e. The number of amides is 1. The van der Waals surface area contributed by atoms with Crippen molar-refractivity contribution in [2.24, 2.45) is 0 Å². The van der Waals surface area contributed by atoms with Crippen LogP contribution in [0.1, 0.15) is 27.2 Å². The SMILES string of the molecule is CC#CCNC(C)C(=O)NCCC. The molecule has 0 rings (SSSR count). The minimum Gasteiger partial charge on any atom is -0.355 e. The number of nitrogens with one attached hydrogen (secondary N) is 2. The Morgan fingerprint density at radius 2 is 2.23 bits per heavy atom. The molecule has 2 N–H and O–H groups in total. The lowest BCUT2D eigenvalue weighted by Crippen LogP contribution is -2.42. The van der Waals surface area contributed by atoms with Crippen molar-refractivity contribution in [1.29, 1.82) is 0 Å². The third kappa shape index (κ3) is 6.18. The van der Waals surface area contributed by atoms with E-state index in [1.165, 1.54) is 0 Å². The van der Waals surface area contributed by atoms with Gasteiger partial charge in [0.2, 0.25) is 5.91 Å². The molecule has 3 heteroatoms. The molecule has 0 saturated heterocycles. The Kier molecular flexibility index (Phi) is 7.04. The van der Waals surface area contributed by atoms with Gasteiger partial charge in [-0.3, -0.25) is 10.1 Å². The van der Waals surface area contributed by atoms with Gasteiger partial charge in [0.15, 0.2) is 0 Å². The molecule has 0 aliphatic carbocycles. The highest BCUT2D eigenvalue weighted by Gasteiger charge is 2.09. The monoisotopic (exact) mass is 182 g/mol. The fourth-order valence-corrected chi connectivity index (χ4v) is 0.787. The molecule has 1 unspecified atom stereocenters. The van der Waals surface area contributed by atoms with E-state index in [1.807, 2.05) is 13.8 Å². The first-order valence-electron chi connectivity index (χ1n) is 4.63. The zero-order valence-corrected chi connectivity index (χ0v) is 8.61. The number of hydrogen-bond acceptors (Lipinski definition) is 2. The van der Waals surface area contributed by atoms with Crippen LogP contribution in [0.5, 0.6) is 0 Å². The highest BCUT2D eigenvalue weighted by atomic mass is 16.2. The van der Waals surface area contributed by atoms with Gasteiger partial charge < -0.3 is 5.32 Å². The molecule has 3 nitrogen and oxygen atoms in total. The highest BCUT2D eigenvalue weighted by molar-refractivity contribution is 5.81. The Hall–Kier alpha value is -1.01. The van der Waals surface area contributed by atoms with Crippen LogP contribution in [0.2, 0.25) is 0 Å². The summed E-state index contributed by atoms with van der Waals surface area (Å²) in [5.41, 5.74) is 0. The summed E-state index contributed by atoms with van der Waals surface area (Å²) >= 11 is 0. The first-order chi connectivity index (χ1) is 6.22. The van der Waals surface area contributed by atoms with Crippen molar-refractivity contribution in [3.05, 3.63) is 0 Å². The summed E-state index contributed by atoms with van der Waals surface area (Å²) in [6.07, 6.45) is 0.966. The van der Waals surface area contributed by atoms with Crippen molar-refractivity contribution < 1.29 is 4.79 Å². The third-order valence-corrected chi connectivity index (χ3v) is 1.62. The quantitative estimate of drug-likeness (QED) is 0.608. The van der Waals surface area contributed by atoms with Gasteiger partial charge in [-0.1, -0.05) is 12.8 Å². The van der Waals surface area contributed by atoms with Crippen LogP contribution in [0.15, 0.2) is 0 Å². The van der Waals surface area contributed by atoms with Crippen LogP contribution in [-0.2, 0) is 4.79 Å². The fraction of sp³-hybridized carbons (Fsp3) is 0.700. The van der Waals surface area contributed by atoms with Crippen molar-refractivity contribution in [2.75, 3.05) is 13.1 Å². The molecule has 0 heterocycles. The molecule has 0 aromatic heterocycles. The van der Waals surface area contributed by atoms with Crippen molar-refractivity contribution in [3.63, 3.8) is 0 Å². The molecule has 1 amide bonds. The zero-order valence-electron chi connectivity index (χ0n) is 8.61. The fourth-order valence-electron chi connectivity index (χ4n) is 0.787. The Balaban J connectivity index is 3.60. The minimum atomic E-state index is -0.160. The third-order valence-electron chi connectivity index (χ3n) is 1.62. The van der Waals surface area contributed by atoms with Gasteiger partial charge in [-0.15, -0.1) is 5.92 Å². The van der Waals surface area contributed by atoms with E-state index in [-0.39, 0.29) is 11.9 Å². The summed E-state index contributed by atoms with van der Waals surface area (Å²) in [6, 6.07) is -0.160. The molecule has 0 aromatic rings. The summed E-state index contributed by atoms with van der Waals surface area (Å²) in [6.45, 7) is 6.95. The molecular weight excluding hydrogens is 164 g/mol. The van der Waals surface area contributed by atoms with E-state index in [0.717, 1.165) is 13.0 Å². The summed E-state index contributed by atoms with van der Waals surface area (Å²) in [4.78, 5) is 11.3. The van der Waals surface area contributed by atoms with E-state index in [9.17, 15) is 4.79 Å². The second-order valence-corrected chi connectivity index (χ2v) is 2.82. The molecule has 0 aliphatic rings. The predicted molar refractivity (Wildman–Crippen MR) is 54.2 cm³/mol. The lowest BCUT2D eigenvalue weighted by atomic mass is 10.3. The second-order valence-electron chi connectivity index (χ2n) is 2.82. The molecule has 0 bridgehead atoms. The maximum atomic E-state index is 11.3. The molecule has 0 aliphatic heterocycles. The van der Waals surface area contributed by atoms with Gasteiger partial charge in [-0.25, -0.2) is 0 Å². The first kappa shape index (κ1) is 12.0. The lowest BCUT2D eigenvalue weighted by Gasteiger charge is -2.11. The Bertz CT molecular complexity index is 203. The van der Waals surface area contributed by atoms with Crippen LogP contribution in [-0.4, -0.2) is 25.0 Å². The Morgan fingerprint density at radius 1 is 1.54 bits per heavy atom. The van der Waals surface area contributed by atoms with Gasteiger partial charge in [0.25, 0.3) is 0 Å². The summed E-state index contributed by atoms with van der Waals surface area (Å²) < 4.78 is 0. The van der Waals surface area contributed by atoms with Gasteiger partial charge in [0.1, 0.15) is 0 Å². The molecule has 0 aromatic carbocycles. The van der Waals surface area contributed by atoms with Crippen molar-refractivity contribution >= 4 is 5.91 Å². The van der Waals surface area contributed by atoms with Crippen molar-refractivity contribution in [2.45, 2.75) is 33.2 Å². The van der Waals surface area contributed by atoms with Gasteiger partial charge >= 0.3 is 0 Å². The average Bonchev–Trinajstić information content (AvgIpc) is 2.14. The topological polar surface area (TPSA) is 41.1 Å². The Morgan fingerprint density at radius 3 is 2.77 bits per heavy atom. The van der Waals surface area contributed by atoms with E-state index in [2.05, 4.69) is 22.5 Å². The zero-order chi connectivity index (χ0) is 10.1. The molecule has 1 atom stereocenters. The standard InChI is InChI=1S/C10H18N2O/c1-4-6-8-11-9(3)10(13)12-7-5-2/h9,11H,5,7-8H2,1-3H3,(H,12,13). The molecule has 0 saturated carbocycles. The van der Waals surface area contributed by atoms with E-state index in [4.69, 9.17) is 0 Å². The number of hydrogen-bond donors (Lipinski definition) is 2. The van der Waals surface area contributed by atoms with E-state index >= 15 is 0 Å². The molecular formula is C10H18N2O. The highest BCUT2D eigenvalue weighted by Crippen LogP contribution is 1.81. The summed E-state index contributed by atoms with van der Waals surface area (Å²) in [7, 11) is 0. The van der Waals surface area contributed by atoms with Crippen molar-refractivity contribution in [1.82, 2.24) is 10.6 Å². The van der Waals surface area contributed by atoms with Crippen LogP contribution < -0.4 is 10.6 Å². The van der Waals surface area contributed by atoms with Gasteiger partial charge in [-0.2, -0.15) is 0 Å². The number of carbonyl (C=O) groups is 1. The second kappa shape index (κ2) is 7.63. The molecule has 0 fully saturated rings. The number of rotatable bonds is 5. The molecule has 0 radical (unpaired) electrons. The van der Waals surface area contributed by atoms with E-state index in [1.54, 1.807) is 6.92 Å². The van der Waals surface area contributed by atoms with Crippen LogP contribution >= 0.6 is 0 Å². The maximum Gasteiger partial charge on any atom is 0.236 e. The minimum absolute atomic E-state index is 0.0414. The maximum absolute atomic E-state index is 11.3. The molecule has 13 heavy (non-hydrogen) atoms. The lowest BCUT2D eigenvalue weighted by molar-refractivity contribution is -0.122. The van der Waals surface area contributed by atoms with Gasteiger partial charge in [0, 0.05) is 6.54 Å². The van der Waals surface area contributed by atoms with Gasteiger partial charge in [-0.05, 0) is 20.3 Å². The van der Waals surface area contributed by atoms with Crippen LogP contribution in [0.3, 0.4) is 0 Å². The predicted octanol–water partition coefficient (Wildman–Crippen LogP) is 0.514.